The first-order valence-corrected chi connectivity index (χ1v) is 4.78. The number of thioether (sulfide) groups is 1. The highest BCUT2D eigenvalue weighted by Crippen LogP contribution is 2.20. The van der Waals surface area contributed by atoms with E-state index in [2.05, 4.69) is 6.92 Å². The van der Waals surface area contributed by atoms with Crippen molar-refractivity contribution >= 4 is 11.8 Å². The quantitative estimate of drug-likeness (QED) is 0.558. The Morgan fingerprint density at radius 3 is 3.11 bits per heavy atom. The molecule has 1 fully saturated rings. The molecule has 54 valence electrons. The van der Waals surface area contributed by atoms with Gasteiger partial charge in [-0.25, -0.2) is 0 Å². The Bertz CT molecular complexity index is 75.0. The highest BCUT2D eigenvalue weighted by atomic mass is 32.2. The van der Waals surface area contributed by atoms with E-state index in [9.17, 15) is 0 Å². The smallest absolute Gasteiger partial charge is 0.00495 e. The summed E-state index contributed by atoms with van der Waals surface area (Å²) in [7, 11) is 0. The molecule has 1 nitrogen and oxygen atoms in total. The van der Waals surface area contributed by atoms with Crippen molar-refractivity contribution < 1.29 is 0 Å². The summed E-state index contributed by atoms with van der Waals surface area (Å²) >= 11 is 2.05. The van der Waals surface area contributed by atoms with Crippen molar-refractivity contribution in [2.24, 2.45) is 11.7 Å². The fourth-order valence-electron chi connectivity index (χ4n) is 1.22. The molecule has 2 unspecified atom stereocenters. The molecular formula is C7H15NS. The Morgan fingerprint density at radius 2 is 2.33 bits per heavy atom. The minimum Gasteiger partial charge on any atom is -0.328 e. The molecular weight excluding hydrogens is 130 g/mol. The third-order valence-corrected chi connectivity index (χ3v) is 3.07. The average Bonchev–Trinajstić information content (AvgIpc) is 1.93. The van der Waals surface area contributed by atoms with Gasteiger partial charge in [0, 0.05) is 6.04 Å². The fraction of sp³-hybridized carbons (Fsp3) is 1.00. The van der Waals surface area contributed by atoms with E-state index in [1.165, 1.54) is 24.3 Å². The molecule has 0 aromatic heterocycles. The van der Waals surface area contributed by atoms with Crippen LogP contribution in [0.4, 0.5) is 0 Å². The summed E-state index contributed by atoms with van der Waals surface area (Å²) in [4.78, 5) is 0. The van der Waals surface area contributed by atoms with Crippen LogP contribution in [0.3, 0.4) is 0 Å². The first kappa shape index (κ1) is 7.42. The first-order chi connectivity index (χ1) is 4.29. The van der Waals surface area contributed by atoms with E-state index in [-0.39, 0.29) is 0 Å². The molecule has 0 aromatic carbocycles. The molecule has 0 spiro atoms. The van der Waals surface area contributed by atoms with Gasteiger partial charge < -0.3 is 5.73 Å². The molecule has 0 bridgehead atoms. The maximum absolute atomic E-state index is 5.81. The van der Waals surface area contributed by atoms with Crippen LogP contribution in [0, 0.1) is 5.92 Å². The monoisotopic (exact) mass is 145 g/mol. The molecule has 1 aliphatic heterocycles. The number of hydrogen-bond acceptors (Lipinski definition) is 2. The Labute approximate surface area is 61.4 Å². The van der Waals surface area contributed by atoms with E-state index in [0.717, 1.165) is 5.92 Å². The van der Waals surface area contributed by atoms with E-state index in [4.69, 9.17) is 5.73 Å². The van der Waals surface area contributed by atoms with Gasteiger partial charge in [-0.1, -0.05) is 6.92 Å². The van der Waals surface area contributed by atoms with E-state index in [0.29, 0.717) is 6.04 Å². The van der Waals surface area contributed by atoms with Crippen molar-refractivity contribution in [3.63, 3.8) is 0 Å². The Morgan fingerprint density at radius 1 is 1.56 bits per heavy atom. The van der Waals surface area contributed by atoms with Crippen molar-refractivity contribution in [3.05, 3.63) is 0 Å². The molecule has 1 saturated heterocycles. The first-order valence-electron chi connectivity index (χ1n) is 3.62. The van der Waals surface area contributed by atoms with Crippen LogP contribution < -0.4 is 5.73 Å². The van der Waals surface area contributed by atoms with Crippen molar-refractivity contribution in [2.75, 3.05) is 11.5 Å². The van der Waals surface area contributed by atoms with Gasteiger partial charge in [-0.2, -0.15) is 11.8 Å². The lowest BCUT2D eigenvalue weighted by atomic mass is 10.0. The summed E-state index contributed by atoms with van der Waals surface area (Å²) in [6.07, 6.45) is 2.45. The highest BCUT2D eigenvalue weighted by molar-refractivity contribution is 7.99. The second kappa shape index (κ2) is 3.47. The second-order valence-electron chi connectivity index (χ2n) is 2.96. The standard InChI is InChI=1S/C7H15NS/c1-6-4-7(8)2-3-9-5-6/h6-7H,2-5,8H2,1H3. The molecule has 1 aliphatic rings. The summed E-state index contributed by atoms with van der Waals surface area (Å²) in [5, 5.41) is 0. The van der Waals surface area contributed by atoms with Gasteiger partial charge in [0.15, 0.2) is 0 Å². The SMILES string of the molecule is CC1CSCCC(N)C1. The van der Waals surface area contributed by atoms with E-state index in [1.54, 1.807) is 0 Å². The molecule has 2 heteroatoms. The van der Waals surface area contributed by atoms with Crippen LogP contribution >= 0.6 is 11.8 Å². The summed E-state index contributed by atoms with van der Waals surface area (Å²) in [5.41, 5.74) is 5.81. The van der Waals surface area contributed by atoms with Gasteiger partial charge in [0.25, 0.3) is 0 Å². The predicted molar refractivity (Wildman–Crippen MR) is 43.7 cm³/mol. The molecule has 0 amide bonds. The van der Waals surface area contributed by atoms with Crippen molar-refractivity contribution in [3.8, 4) is 0 Å². The van der Waals surface area contributed by atoms with Crippen molar-refractivity contribution in [1.29, 1.82) is 0 Å². The molecule has 0 saturated carbocycles. The van der Waals surface area contributed by atoms with E-state index >= 15 is 0 Å². The zero-order valence-electron chi connectivity index (χ0n) is 5.97. The summed E-state index contributed by atoms with van der Waals surface area (Å²) in [6.45, 7) is 2.29. The van der Waals surface area contributed by atoms with Crippen LogP contribution in [0.15, 0.2) is 0 Å². The third-order valence-electron chi connectivity index (χ3n) is 1.74. The zero-order valence-corrected chi connectivity index (χ0v) is 6.79. The topological polar surface area (TPSA) is 26.0 Å². The van der Waals surface area contributed by atoms with Gasteiger partial charge in [-0.05, 0) is 30.3 Å². The largest absolute Gasteiger partial charge is 0.328 e. The van der Waals surface area contributed by atoms with Gasteiger partial charge in [0.05, 0.1) is 0 Å². The number of nitrogens with two attached hydrogens (primary N) is 1. The van der Waals surface area contributed by atoms with E-state index in [1.807, 2.05) is 11.8 Å². The summed E-state index contributed by atoms with van der Waals surface area (Å²) in [6, 6.07) is 0.481. The van der Waals surface area contributed by atoms with Crippen LogP contribution in [0.25, 0.3) is 0 Å². The average molecular weight is 145 g/mol. The molecule has 0 aliphatic carbocycles. The van der Waals surface area contributed by atoms with Gasteiger partial charge in [0.1, 0.15) is 0 Å². The fourth-order valence-corrected chi connectivity index (χ4v) is 2.40. The van der Waals surface area contributed by atoms with Crippen molar-refractivity contribution in [1.82, 2.24) is 0 Å². The van der Waals surface area contributed by atoms with Crippen LogP contribution in [-0.2, 0) is 0 Å². The minimum absolute atomic E-state index is 0.481. The second-order valence-corrected chi connectivity index (χ2v) is 4.11. The Kier molecular flexibility index (Phi) is 2.86. The molecule has 0 radical (unpaired) electrons. The number of rotatable bonds is 0. The van der Waals surface area contributed by atoms with Crippen molar-refractivity contribution in [2.45, 2.75) is 25.8 Å². The number of hydrogen-bond donors (Lipinski definition) is 1. The Hall–Kier alpha value is 0.310. The predicted octanol–water partition coefficient (Wildman–Crippen LogP) is 1.48. The summed E-state index contributed by atoms with van der Waals surface area (Å²) in [5.74, 6) is 3.42. The van der Waals surface area contributed by atoms with Crippen LogP contribution in [0.1, 0.15) is 19.8 Å². The minimum atomic E-state index is 0.481. The lowest BCUT2D eigenvalue weighted by Crippen LogP contribution is -2.21. The molecule has 1 heterocycles. The normalized spacial score (nSPS) is 38.0. The Balaban J connectivity index is 2.29. The van der Waals surface area contributed by atoms with Gasteiger partial charge >= 0.3 is 0 Å². The lowest BCUT2D eigenvalue weighted by Gasteiger charge is -2.09. The van der Waals surface area contributed by atoms with Gasteiger partial charge in [-0.15, -0.1) is 0 Å². The lowest BCUT2D eigenvalue weighted by molar-refractivity contribution is 0.503. The van der Waals surface area contributed by atoms with Crippen LogP contribution in [0.2, 0.25) is 0 Å². The van der Waals surface area contributed by atoms with Gasteiger partial charge in [-0.3, -0.25) is 0 Å². The molecule has 2 N–H and O–H groups in total. The third kappa shape index (κ3) is 2.59. The summed E-state index contributed by atoms with van der Waals surface area (Å²) < 4.78 is 0. The highest BCUT2D eigenvalue weighted by Gasteiger charge is 2.12. The molecule has 0 aromatic rings. The van der Waals surface area contributed by atoms with Gasteiger partial charge in [0.2, 0.25) is 0 Å². The van der Waals surface area contributed by atoms with Crippen LogP contribution in [0.5, 0.6) is 0 Å². The molecule has 1 rings (SSSR count). The maximum atomic E-state index is 5.81. The molecule has 2 atom stereocenters. The van der Waals surface area contributed by atoms with Crippen LogP contribution in [-0.4, -0.2) is 17.5 Å². The zero-order chi connectivity index (χ0) is 6.69. The maximum Gasteiger partial charge on any atom is 0.00495 e. The molecule has 9 heavy (non-hydrogen) atoms. The van der Waals surface area contributed by atoms with E-state index < -0.39 is 0 Å².